The van der Waals surface area contributed by atoms with E-state index in [0.29, 0.717) is 12.1 Å². The molecule has 1 aromatic carbocycles. The molecule has 13 nitrogen and oxygen atoms in total. The molecule has 0 aliphatic heterocycles. The number of non-ortho nitro benzene ring substituents is 1. The summed E-state index contributed by atoms with van der Waals surface area (Å²) in [4.78, 5) is 30.0. The van der Waals surface area contributed by atoms with Gasteiger partial charge in [0.1, 0.15) is 0 Å². The lowest BCUT2D eigenvalue weighted by Crippen LogP contribution is -2.35. The molecule has 0 fully saturated rings. The van der Waals surface area contributed by atoms with Crippen molar-refractivity contribution in [2.45, 2.75) is 4.90 Å². The van der Waals surface area contributed by atoms with Gasteiger partial charge in [0.2, 0.25) is 0 Å². The van der Waals surface area contributed by atoms with E-state index in [-0.39, 0.29) is 5.06 Å². The van der Waals surface area contributed by atoms with Crippen LogP contribution in [0.25, 0.3) is 0 Å². The Kier molecular flexibility index (Phi) is 6.10. The highest BCUT2D eigenvalue weighted by Gasteiger charge is 2.33. The lowest BCUT2D eigenvalue weighted by atomic mass is 10.3. The van der Waals surface area contributed by atoms with E-state index in [9.17, 15) is 33.4 Å². The highest BCUT2D eigenvalue weighted by atomic mass is 32.2. The first kappa shape index (κ1) is 19.2. The van der Waals surface area contributed by atoms with Crippen LogP contribution in [0.1, 0.15) is 0 Å². The molecule has 0 aliphatic rings. The van der Waals surface area contributed by atoms with Crippen molar-refractivity contribution in [2.75, 3.05) is 21.0 Å². The maximum Gasteiger partial charge on any atom is 0.437 e. The number of nitrogens with zero attached hydrogens (tertiary/aromatic N) is 3. The maximum absolute atomic E-state index is 12.1. The molecular formula is C10H11N3O10S. The molecule has 0 heterocycles. The third-order valence-electron chi connectivity index (χ3n) is 2.43. The average Bonchev–Trinajstić information content (AvgIpc) is 2.52. The summed E-state index contributed by atoms with van der Waals surface area (Å²) in [5.74, 6) is 0. The van der Waals surface area contributed by atoms with Crippen LogP contribution in [-0.4, -0.2) is 50.4 Å². The molecule has 0 aliphatic carbocycles. The summed E-state index contributed by atoms with van der Waals surface area (Å²) in [7, 11) is -2.81. The third kappa shape index (κ3) is 4.34. The number of hydroxylamine groups is 2. The Morgan fingerprint density at radius 3 is 2.29 bits per heavy atom. The van der Waals surface area contributed by atoms with Gasteiger partial charge in [-0.25, -0.2) is 4.79 Å². The Labute approximate surface area is 134 Å². The fourth-order valence-corrected chi connectivity index (χ4v) is 2.50. The zero-order valence-corrected chi connectivity index (χ0v) is 13.1. The van der Waals surface area contributed by atoms with Crippen LogP contribution in [0, 0.1) is 20.2 Å². The summed E-state index contributed by atoms with van der Waals surface area (Å²) in [6, 6.07) is 1.81. The molecule has 0 N–H and O–H groups in total. The van der Waals surface area contributed by atoms with Gasteiger partial charge in [-0.2, -0.15) is 8.42 Å². The van der Waals surface area contributed by atoms with Gasteiger partial charge in [-0.1, -0.05) is 0 Å². The summed E-state index contributed by atoms with van der Waals surface area (Å²) >= 11 is 0. The normalized spacial score (nSPS) is 10.9. The fraction of sp³-hybridized carbons (Fsp3) is 0.300. The van der Waals surface area contributed by atoms with Crippen LogP contribution in [0.3, 0.4) is 0 Å². The van der Waals surface area contributed by atoms with Gasteiger partial charge in [-0.05, 0) is 6.07 Å². The SMILES string of the molecule is COCN(OS(=O)(=O)c1ccc([N+](=O)[O-])cc1[N+](=O)[O-])C(=O)OC. The van der Waals surface area contributed by atoms with Gasteiger partial charge in [0, 0.05) is 13.2 Å². The molecule has 24 heavy (non-hydrogen) atoms. The summed E-state index contributed by atoms with van der Waals surface area (Å²) < 4.78 is 37.5. The highest BCUT2D eigenvalue weighted by molar-refractivity contribution is 7.86. The topological polar surface area (TPSA) is 168 Å². The Morgan fingerprint density at radius 2 is 1.83 bits per heavy atom. The van der Waals surface area contributed by atoms with E-state index in [1.54, 1.807) is 0 Å². The predicted octanol–water partition coefficient (Wildman–Crippen LogP) is 0.796. The molecule has 0 saturated heterocycles. The molecule has 1 aromatic rings. The molecular weight excluding hydrogens is 354 g/mol. The maximum atomic E-state index is 12.1. The Morgan fingerprint density at radius 1 is 1.21 bits per heavy atom. The average molecular weight is 365 g/mol. The largest absolute Gasteiger partial charge is 0.451 e. The third-order valence-corrected chi connectivity index (χ3v) is 3.69. The van der Waals surface area contributed by atoms with Gasteiger partial charge >= 0.3 is 16.2 Å². The second-order valence-electron chi connectivity index (χ2n) is 3.96. The van der Waals surface area contributed by atoms with Gasteiger partial charge in [0.15, 0.2) is 11.6 Å². The molecule has 0 spiro atoms. The molecule has 132 valence electrons. The first-order chi connectivity index (χ1) is 11.1. The number of amides is 1. The van der Waals surface area contributed by atoms with Crippen molar-refractivity contribution in [3.63, 3.8) is 0 Å². The van der Waals surface area contributed by atoms with Gasteiger partial charge < -0.3 is 9.47 Å². The van der Waals surface area contributed by atoms with E-state index in [1.807, 2.05) is 0 Å². The number of nitro benzene ring substituents is 2. The molecule has 0 bridgehead atoms. The van der Waals surface area contributed by atoms with E-state index in [0.717, 1.165) is 20.3 Å². The molecule has 0 aromatic heterocycles. The van der Waals surface area contributed by atoms with Gasteiger partial charge in [-0.15, -0.1) is 9.35 Å². The summed E-state index contributed by atoms with van der Waals surface area (Å²) in [5, 5.41) is 21.8. The minimum Gasteiger partial charge on any atom is -0.451 e. The Hall–Kier alpha value is -2.84. The molecule has 0 saturated carbocycles. The molecule has 0 atom stereocenters. The number of carbonyl (C=O) groups excluding carboxylic acids is 1. The smallest absolute Gasteiger partial charge is 0.437 e. The van der Waals surface area contributed by atoms with Crippen LogP contribution in [0.5, 0.6) is 0 Å². The lowest BCUT2D eigenvalue weighted by molar-refractivity contribution is -0.396. The van der Waals surface area contributed by atoms with Crippen LogP contribution in [-0.2, 0) is 23.9 Å². The van der Waals surface area contributed by atoms with Crippen LogP contribution in [0.15, 0.2) is 23.1 Å². The van der Waals surface area contributed by atoms with Crippen molar-refractivity contribution in [3.05, 3.63) is 38.4 Å². The summed E-state index contributed by atoms with van der Waals surface area (Å²) in [5.41, 5.74) is -1.78. The molecule has 0 radical (unpaired) electrons. The first-order valence-corrected chi connectivity index (χ1v) is 7.26. The van der Waals surface area contributed by atoms with E-state index < -0.39 is 49.1 Å². The van der Waals surface area contributed by atoms with E-state index in [2.05, 4.69) is 13.8 Å². The van der Waals surface area contributed by atoms with Crippen LogP contribution in [0.4, 0.5) is 16.2 Å². The number of nitro groups is 2. The number of rotatable bonds is 7. The number of hydrogen-bond donors (Lipinski definition) is 0. The van der Waals surface area contributed by atoms with Crippen molar-refractivity contribution in [1.82, 2.24) is 5.06 Å². The van der Waals surface area contributed by atoms with Crippen molar-refractivity contribution in [2.24, 2.45) is 0 Å². The Bertz CT molecular complexity index is 762. The number of hydrogen-bond acceptors (Lipinski definition) is 10. The molecule has 1 amide bonds. The standard InChI is InChI=1S/C10H11N3O10S/c1-21-6-11(10(14)22-2)23-24(19,20)9-4-3-7(12(15)16)5-8(9)13(17)18/h3-5H,6H2,1-2H3. The van der Waals surface area contributed by atoms with Gasteiger partial charge in [0.25, 0.3) is 11.4 Å². The number of methoxy groups -OCH3 is 2. The van der Waals surface area contributed by atoms with E-state index >= 15 is 0 Å². The second kappa shape index (κ2) is 7.62. The van der Waals surface area contributed by atoms with Crippen LogP contribution < -0.4 is 0 Å². The fourth-order valence-electron chi connectivity index (χ4n) is 1.46. The molecule has 1 rings (SSSR count). The number of carbonyl (C=O) groups is 1. The van der Waals surface area contributed by atoms with Gasteiger partial charge in [0.05, 0.1) is 23.0 Å². The highest BCUT2D eigenvalue weighted by Crippen LogP contribution is 2.29. The summed E-state index contributed by atoms with van der Waals surface area (Å²) in [6.07, 6.45) is -1.25. The zero-order chi connectivity index (χ0) is 18.5. The van der Waals surface area contributed by atoms with E-state index in [1.165, 1.54) is 0 Å². The zero-order valence-electron chi connectivity index (χ0n) is 12.3. The number of benzene rings is 1. The van der Waals surface area contributed by atoms with Crippen molar-refractivity contribution in [1.29, 1.82) is 0 Å². The quantitative estimate of drug-likeness (QED) is 0.382. The van der Waals surface area contributed by atoms with Crippen LogP contribution in [0.2, 0.25) is 0 Å². The lowest BCUT2D eigenvalue weighted by Gasteiger charge is -2.18. The second-order valence-corrected chi connectivity index (χ2v) is 5.46. The van der Waals surface area contributed by atoms with E-state index in [4.69, 9.17) is 0 Å². The minimum absolute atomic E-state index is 0.153. The van der Waals surface area contributed by atoms with Crippen molar-refractivity contribution < 1.29 is 36.8 Å². The van der Waals surface area contributed by atoms with Crippen molar-refractivity contribution in [3.8, 4) is 0 Å². The molecule has 0 unspecified atom stereocenters. The molecule has 14 heteroatoms. The monoisotopic (exact) mass is 365 g/mol. The first-order valence-electron chi connectivity index (χ1n) is 5.86. The van der Waals surface area contributed by atoms with Crippen molar-refractivity contribution >= 4 is 27.6 Å². The van der Waals surface area contributed by atoms with Gasteiger partial charge in [-0.3, -0.25) is 20.2 Å². The Balaban J connectivity index is 3.33. The predicted molar refractivity (Wildman–Crippen MR) is 74.1 cm³/mol. The van der Waals surface area contributed by atoms with Crippen LogP contribution >= 0.6 is 0 Å². The summed E-state index contributed by atoms with van der Waals surface area (Å²) in [6.45, 7) is -0.660. The number of ether oxygens (including phenoxy) is 2. The minimum atomic E-state index is -4.87.